The van der Waals surface area contributed by atoms with Crippen molar-refractivity contribution in [1.29, 1.82) is 0 Å². The van der Waals surface area contributed by atoms with Crippen LogP contribution in [0.1, 0.15) is 34.6 Å². The fourth-order valence-corrected chi connectivity index (χ4v) is 2.04. The van der Waals surface area contributed by atoms with Crippen LogP contribution in [0.3, 0.4) is 0 Å². The van der Waals surface area contributed by atoms with Crippen LogP contribution in [-0.2, 0) is 4.79 Å². The third-order valence-electron chi connectivity index (χ3n) is 3.06. The van der Waals surface area contributed by atoms with Gasteiger partial charge in [-0.05, 0) is 26.0 Å². The maximum atomic E-state index is 12.2. The fourth-order valence-electron chi connectivity index (χ4n) is 2.04. The lowest BCUT2D eigenvalue weighted by Crippen LogP contribution is -2.39. The first-order chi connectivity index (χ1) is 8.08. The minimum atomic E-state index is -0.0116. The van der Waals surface area contributed by atoms with Crippen molar-refractivity contribution < 1.29 is 9.59 Å². The first-order valence-corrected chi connectivity index (χ1v) is 5.83. The SMILES string of the molecule is Cc1ccc(C(=O)N2CCC(=O)CC2)c(C)n1. The highest BCUT2D eigenvalue weighted by Crippen LogP contribution is 2.13. The van der Waals surface area contributed by atoms with Crippen molar-refractivity contribution in [2.45, 2.75) is 26.7 Å². The van der Waals surface area contributed by atoms with E-state index < -0.39 is 0 Å². The van der Waals surface area contributed by atoms with Crippen LogP contribution in [0.25, 0.3) is 0 Å². The number of rotatable bonds is 1. The molecule has 1 aromatic heterocycles. The van der Waals surface area contributed by atoms with Gasteiger partial charge in [0.1, 0.15) is 5.78 Å². The molecule has 0 radical (unpaired) electrons. The van der Waals surface area contributed by atoms with Gasteiger partial charge in [-0.25, -0.2) is 0 Å². The minimum Gasteiger partial charge on any atom is -0.338 e. The summed E-state index contributed by atoms with van der Waals surface area (Å²) in [7, 11) is 0. The highest BCUT2D eigenvalue weighted by molar-refractivity contribution is 5.96. The Labute approximate surface area is 101 Å². The first-order valence-electron chi connectivity index (χ1n) is 5.83. The van der Waals surface area contributed by atoms with Crippen LogP contribution >= 0.6 is 0 Å². The standard InChI is InChI=1S/C13H16N2O2/c1-9-3-4-12(10(2)14-9)13(17)15-7-5-11(16)6-8-15/h3-4H,5-8H2,1-2H3. The van der Waals surface area contributed by atoms with Gasteiger partial charge in [0.15, 0.2) is 0 Å². The number of likely N-dealkylation sites (tertiary alicyclic amines) is 1. The molecule has 0 spiro atoms. The van der Waals surface area contributed by atoms with Crippen LogP contribution < -0.4 is 0 Å². The molecule has 0 saturated carbocycles. The molecule has 0 atom stereocenters. The second kappa shape index (κ2) is 4.65. The van der Waals surface area contributed by atoms with Gasteiger partial charge in [0.25, 0.3) is 5.91 Å². The lowest BCUT2D eigenvalue weighted by molar-refractivity contribution is -0.120. The van der Waals surface area contributed by atoms with Crippen molar-refractivity contribution in [1.82, 2.24) is 9.88 Å². The van der Waals surface area contributed by atoms with E-state index in [1.54, 1.807) is 4.90 Å². The van der Waals surface area contributed by atoms with Crippen molar-refractivity contribution in [2.75, 3.05) is 13.1 Å². The molecule has 0 N–H and O–H groups in total. The zero-order valence-electron chi connectivity index (χ0n) is 10.2. The highest BCUT2D eigenvalue weighted by atomic mass is 16.2. The van der Waals surface area contributed by atoms with E-state index in [1.165, 1.54) is 0 Å². The topological polar surface area (TPSA) is 50.3 Å². The molecule has 90 valence electrons. The lowest BCUT2D eigenvalue weighted by atomic mass is 10.1. The van der Waals surface area contributed by atoms with Crippen LogP contribution in [0, 0.1) is 13.8 Å². The molecule has 0 aromatic carbocycles. The number of carbonyl (C=O) groups is 2. The zero-order chi connectivity index (χ0) is 12.4. The average molecular weight is 232 g/mol. The fraction of sp³-hybridized carbons (Fsp3) is 0.462. The zero-order valence-corrected chi connectivity index (χ0v) is 10.2. The predicted molar refractivity (Wildman–Crippen MR) is 63.9 cm³/mol. The Bertz CT molecular complexity index is 458. The third kappa shape index (κ3) is 2.52. The summed E-state index contributed by atoms with van der Waals surface area (Å²) in [6.07, 6.45) is 0.953. The molecular formula is C13H16N2O2. The summed E-state index contributed by atoms with van der Waals surface area (Å²) < 4.78 is 0. The molecule has 0 unspecified atom stereocenters. The van der Waals surface area contributed by atoms with Crippen LogP contribution in [0.4, 0.5) is 0 Å². The molecular weight excluding hydrogens is 216 g/mol. The molecule has 2 heterocycles. The van der Waals surface area contributed by atoms with Gasteiger partial charge in [-0.2, -0.15) is 0 Å². The number of amides is 1. The van der Waals surface area contributed by atoms with Gasteiger partial charge < -0.3 is 4.90 Å². The van der Waals surface area contributed by atoms with Crippen molar-refractivity contribution in [3.63, 3.8) is 0 Å². The van der Waals surface area contributed by atoms with Gasteiger partial charge >= 0.3 is 0 Å². The number of aromatic nitrogens is 1. The van der Waals surface area contributed by atoms with Crippen molar-refractivity contribution >= 4 is 11.7 Å². The van der Waals surface area contributed by atoms with Gasteiger partial charge in [0, 0.05) is 31.6 Å². The molecule has 4 nitrogen and oxygen atoms in total. The third-order valence-corrected chi connectivity index (χ3v) is 3.06. The Morgan fingerprint density at radius 2 is 1.88 bits per heavy atom. The van der Waals surface area contributed by atoms with E-state index in [9.17, 15) is 9.59 Å². The summed E-state index contributed by atoms with van der Waals surface area (Å²) in [5.74, 6) is 0.232. The molecule has 0 aliphatic carbocycles. The van der Waals surface area contributed by atoms with E-state index >= 15 is 0 Å². The van der Waals surface area contributed by atoms with Crippen molar-refractivity contribution in [3.05, 3.63) is 29.1 Å². The van der Waals surface area contributed by atoms with Crippen molar-refractivity contribution in [2.24, 2.45) is 0 Å². The maximum Gasteiger partial charge on any atom is 0.255 e. The molecule has 1 aliphatic heterocycles. The minimum absolute atomic E-state index is 0.0116. The van der Waals surface area contributed by atoms with E-state index in [2.05, 4.69) is 4.98 Å². The van der Waals surface area contributed by atoms with E-state index in [0.717, 1.165) is 11.4 Å². The summed E-state index contributed by atoms with van der Waals surface area (Å²) >= 11 is 0. The molecule has 1 saturated heterocycles. The molecule has 1 fully saturated rings. The van der Waals surface area contributed by atoms with Gasteiger partial charge in [-0.1, -0.05) is 0 Å². The number of hydrogen-bond acceptors (Lipinski definition) is 3. The number of piperidine rings is 1. The molecule has 2 rings (SSSR count). The maximum absolute atomic E-state index is 12.2. The first kappa shape index (κ1) is 11.8. The van der Waals surface area contributed by atoms with E-state index in [4.69, 9.17) is 0 Å². The Morgan fingerprint density at radius 3 is 2.47 bits per heavy atom. The van der Waals surface area contributed by atoms with Gasteiger partial charge in [0.05, 0.1) is 11.3 Å². The molecule has 4 heteroatoms. The van der Waals surface area contributed by atoms with Gasteiger partial charge in [-0.3, -0.25) is 14.6 Å². The number of pyridine rings is 1. The van der Waals surface area contributed by atoms with Crippen molar-refractivity contribution in [3.8, 4) is 0 Å². The lowest BCUT2D eigenvalue weighted by Gasteiger charge is -2.26. The Morgan fingerprint density at radius 1 is 1.24 bits per heavy atom. The average Bonchev–Trinajstić information content (AvgIpc) is 2.29. The van der Waals surface area contributed by atoms with Crippen LogP contribution in [0.15, 0.2) is 12.1 Å². The van der Waals surface area contributed by atoms with Crippen LogP contribution in [-0.4, -0.2) is 34.7 Å². The number of carbonyl (C=O) groups excluding carboxylic acids is 2. The van der Waals surface area contributed by atoms with Gasteiger partial charge in [0.2, 0.25) is 0 Å². The van der Waals surface area contributed by atoms with E-state index in [-0.39, 0.29) is 11.7 Å². The van der Waals surface area contributed by atoms with Crippen LogP contribution in [0.2, 0.25) is 0 Å². The Kier molecular flexibility index (Phi) is 3.22. The Balaban J connectivity index is 2.16. The summed E-state index contributed by atoms with van der Waals surface area (Å²) in [5.41, 5.74) is 2.31. The highest BCUT2D eigenvalue weighted by Gasteiger charge is 2.23. The quantitative estimate of drug-likeness (QED) is 0.737. The molecule has 1 amide bonds. The smallest absolute Gasteiger partial charge is 0.255 e. The molecule has 17 heavy (non-hydrogen) atoms. The summed E-state index contributed by atoms with van der Waals surface area (Å²) in [4.78, 5) is 29.4. The second-order valence-corrected chi connectivity index (χ2v) is 4.42. The Hall–Kier alpha value is -1.71. The normalized spacial score (nSPS) is 16.1. The molecule has 1 aromatic rings. The van der Waals surface area contributed by atoms with E-state index in [1.807, 2.05) is 26.0 Å². The monoisotopic (exact) mass is 232 g/mol. The molecule has 1 aliphatic rings. The number of nitrogens with zero attached hydrogens (tertiary/aromatic N) is 2. The second-order valence-electron chi connectivity index (χ2n) is 4.42. The summed E-state index contributed by atoms with van der Waals surface area (Å²) in [6.45, 7) is 4.81. The summed E-state index contributed by atoms with van der Waals surface area (Å²) in [6, 6.07) is 3.66. The number of hydrogen-bond donors (Lipinski definition) is 0. The number of Topliss-reactive ketones (excluding diaryl/α,β-unsaturated/α-hetero) is 1. The predicted octanol–water partition coefficient (Wildman–Crippen LogP) is 1.50. The summed E-state index contributed by atoms with van der Waals surface area (Å²) in [5, 5.41) is 0. The number of aryl methyl sites for hydroxylation is 2. The van der Waals surface area contributed by atoms with Crippen LogP contribution in [0.5, 0.6) is 0 Å². The van der Waals surface area contributed by atoms with E-state index in [0.29, 0.717) is 31.5 Å². The van der Waals surface area contributed by atoms with Gasteiger partial charge in [-0.15, -0.1) is 0 Å². The molecule has 0 bridgehead atoms. The number of ketones is 1. The largest absolute Gasteiger partial charge is 0.338 e.